The van der Waals surface area contributed by atoms with Crippen molar-refractivity contribution in [3.63, 3.8) is 0 Å². The number of carbonyl (C=O) groups excluding carboxylic acids is 2. The highest BCUT2D eigenvalue weighted by Crippen LogP contribution is 2.35. The molecule has 3 saturated heterocycles. The summed E-state index contributed by atoms with van der Waals surface area (Å²) in [5.74, 6) is 1.49. The molecule has 0 spiro atoms. The molecule has 4 aliphatic rings. The summed E-state index contributed by atoms with van der Waals surface area (Å²) >= 11 is 0. The van der Waals surface area contributed by atoms with Crippen LogP contribution >= 0.6 is 0 Å². The van der Waals surface area contributed by atoms with E-state index in [-0.39, 0.29) is 30.6 Å². The third-order valence-electron chi connectivity index (χ3n) is 7.68. The maximum absolute atomic E-state index is 13.2. The first-order valence-corrected chi connectivity index (χ1v) is 12.6. The van der Waals surface area contributed by atoms with E-state index in [0.717, 1.165) is 24.8 Å². The van der Waals surface area contributed by atoms with Crippen LogP contribution in [0.5, 0.6) is 5.75 Å². The van der Waals surface area contributed by atoms with Gasteiger partial charge in [-0.1, -0.05) is 6.07 Å². The van der Waals surface area contributed by atoms with E-state index in [1.807, 2.05) is 18.7 Å². The molecule has 3 aliphatic heterocycles. The smallest absolute Gasteiger partial charge is 0.410 e. The van der Waals surface area contributed by atoms with E-state index in [9.17, 15) is 9.59 Å². The van der Waals surface area contributed by atoms with Crippen LogP contribution in [0, 0.1) is 29.1 Å². The average molecular weight is 483 g/mol. The highest BCUT2D eigenvalue weighted by Gasteiger charge is 2.46. The molecule has 10 nitrogen and oxygen atoms in total. The summed E-state index contributed by atoms with van der Waals surface area (Å²) < 4.78 is 11.4. The Hall–Kier alpha value is -2.87. The van der Waals surface area contributed by atoms with Crippen molar-refractivity contribution < 1.29 is 19.1 Å². The Kier molecular flexibility index (Phi) is 6.82. The first kappa shape index (κ1) is 23.9. The van der Waals surface area contributed by atoms with Crippen LogP contribution in [0.25, 0.3) is 0 Å². The number of ether oxygens (including phenoxy) is 2. The maximum atomic E-state index is 13.2. The van der Waals surface area contributed by atoms with Gasteiger partial charge in [-0.3, -0.25) is 4.79 Å². The molecule has 3 N–H and O–H groups in total. The zero-order chi connectivity index (χ0) is 24.5. The summed E-state index contributed by atoms with van der Waals surface area (Å²) in [6.45, 7) is 6.56. The zero-order valence-corrected chi connectivity index (χ0v) is 20.3. The quantitative estimate of drug-likeness (QED) is 0.578. The molecule has 1 aliphatic carbocycles. The van der Waals surface area contributed by atoms with Gasteiger partial charge in [0.2, 0.25) is 5.91 Å². The van der Waals surface area contributed by atoms with Crippen LogP contribution < -0.4 is 21.1 Å². The topological polar surface area (TPSA) is 119 Å². The van der Waals surface area contributed by atoms with Gasteiger partial charge in [0.15, 0.2) is 0 Å². The Morgan fingerprint density at radius 1 is 1.09 bits per heavy atom. The number of nitrogens with zero attached hydrogens (tertiary/aromatic N) is 3. The normalized spacial score (nSPS) is 29.6. The number of likely N-dealkylation sites (tertiary alicyclic amines) is 2. The minimum absolute atomic E-state index is 0.0557. The number of nitrogens with one attached hydrogen (secondary N) is 3. The monoisotopic (exact) mass is 482 g/mol. The lowest BCUT2D eigenvalue weighted by molar-refractivity contribution is -0.136. The predicted octanol–water partition coefficient (Wildman–Crippen LogP) is 1.52. The Morgan fingerprint density at radius 2 is 1.80 bits per heavy atom. The van der Waals surface area contributed by atoms with Crippen molar-refractivity contribution >= 4 is 12.0 Å². The molecular formula is C25H34N6O4. The molecule has 1 saturated carbocycles. The fourth-order valence-corrected chi connectivity index (χ4v) is 5.87. The number of amides is 2. The lowest BCUT2D eigenvalue weighted by atomic mass is 9.82. The van der Waals surface area contributed by atoms with Gasteiger partial charge in [0, 0.05) is 61.6 Å². The van der Waals surface area contributed by atoms with Gasteiger partial charge in [-0.15, -0.1) is 0 Å². The Morgan fingerprint density at radius 3 is 2.51 bits per heavy atom. The summed E-state index contributed by atoms with van der Waals surface area (Å²) in [6, 6.07) is 7.95. The van der Waals surface area contributed by atoms with Crippen LogP contribution in [-0.2, 0) is 16.1 Å². The van der Waals surface area contributed by atoms with Gasteiger partial charge >= 0.3 is 6.09 Å². The molecule has 4 fully saturated rings. The second-order valence-electron chi connectivity index (χ2n) is 10.5. The van der Waals surface area contributed by atoms with Crippen LogP contribution in [0.2, 0.25) is 0 Å². The van der Waals surface area contributed by atoms with Crippen LogP contribution in [0.3, 0.4) is 0 Å². The van der Waals surface area contributed by atoms with Crippen molar-refractivity contribution in [2.24, 2.45) is 17.8 Å². The molecule has 0 bridgehead atoms. The number of rotatable bonds is 5. The highest BCUT2D eigenvalue weighted by atomic mass is 16.6. The number of carbonyl (C=O) groups is 2. The second kappa shape index (κ2) is 10.0. The van der Waals surface area contributed by atoms with Gasteiger partial charge in [-0.05, 0) is 45.2 Å². The number of hydrogen-bond donors (Lipinski definition) is 3. The fourth-order valence-electron chi connectivity index (χ4n) is 5.87. The molecule has 3 unspecified atom stereocenters. The lowest BCUT2D eigenvalue weighted by Crippen LogP contribution is -2.45. The van der Waals surface area contributed by atoms with E-state index in [0.29, 0.717) is 61.4 Å². The molecule has 2 amide bonds. The Balaban J connectivity index is 1.11. The van der Waals surface area contributed by atoms with E-state index in [4.69, 9.17) is 14.7 Å². The van der Waals surface area contributed by atoms with Gasteiger partial charge in [-0.25, -0.2) is 15.6 Å². The summed E-state index contributed by atoms with van der Waals surface area (Å²) in [5, 5.41) is 9.16. The zero-order valence-electron chi connectivity index (χ0n) is 20.3. The number of hydrazine groups is 2. The Labute approximate surface area is 205 Å². The SMILES string of the molecule is CC(C)Oc1cc(C#N)ccc1COC(=O)N1C[C@@H]2CN(C(=O)C3CCC4NNNC4C3)C[C@H]2C1. The summed E-state index contributed by atoms with van der Waals surface area (Å²) in [4.78, 5) is 29.7. The van der Waals surface area contributed by atoms with E-state index in [1.54, 1.807) is 23.1 Å². The number of nitriles is 1. The van der Waals surface area contributed by atoms with Crippen LogP contribution in [0.1, 0.15) is 44.2 Å². The molecule has 1 aromatic carbocycles. The van der Waals surface area contributed by atoms with Crippen molar-refractivity contribution in [2.45, 2.75) is 57.9 Å². The second-order valence-corrected chi connectivity index (χ2v) is 10.5. The number of hydrogen-bond acceptors (Lipinski definition) is 8. The van der Waals surface area contributed by atoms with Gasteiger partial charge in [0.1, 0.15) is 12.4 Å². The van der Waals surface area contributed by atoms with E-state index in [1.165, 1.54) is 0 Å². The molecule has 0 aromatic heterocycles. The van der Waals surface area contributed by atoms with E-state index in [2.05, 4.69) is 22.5 Å². The van der Waals surface area contributed by atoms with Crippen molar-refractivity contribution in [1.29, 1.82) is 5.26 Å². The summed E-state index contributed by atoms with van der Waals surface area (Å²) in [7, 11) is 0. The van der Waals surface area contributed by atoms with Gasteiger partial charge in [0.05, 0.1) is 17.7 Å². The molecule has 1 aromatic rings. The molecular weight excluding hydrogens is 448 g/mol. The summed E-state index contributed by atoms with van der Waals surface area (Å²) in [5.41, 5.74) is 10.7. The predicted molar refractivity (Wildman–Crippen MR) is 127 cm³/mol. The molecule has 3 heterocycles. The minimum atomic E-state index is -0.345. The number of fused-ring (bicyclic) bond motifs is 2. The van der Waals surface area contributed by atoms with Crippen LogP contribution in [0.15, 0.2) is 18.2 Å². The maximum Gasteiger partial charge on any atom is 0.410 e. The first-order chi connectivity index (χ1) is 16.9. The lowest BCUT2D eigenvalue weighted by Gasteiger charge is -2.32. The highest BCUT2D eigenvalue weighted by molar-refractivity contribution is 5.79. The minimum Gasteiger partial charge on any atom is -0.491 e. The third-order valence-corrected chi connectivity index (χ3v) is 7.68. The summed E-state index contributed by atoms with van der Waals surface area (Å²) in [6.07, 6.45) is 2.36. The molecule has 10 heteroatoms. The van der Waals surface area contributed by atoms with E-state index >= 15 is 0 Å². The van der Waals surface area contributed by atoms with Crippen LogP contribution in [0.4, 0.5) is 4.79 Å². The van der Waals surface area contributed by atoms with Gasteiger partial charge in [-0.2, -0.15) is 10.8 Å². The van der Waals surface area contributed by atoms with Crippen molar-refractivity contribution in [3.05, 3.63) is 29.3 Å². The average Bonchev–Trinajstić information content (AvgIpc) is 3.56. The fraction of sp³-hybridized carbons (Fsp3) is 0.640. The molecule has 188 valence electrons. The Bertz CT molecular complexity index is 996. The molecule has 35 heavy (non-hydrogen) atoms. The van der Waals surface area contributed by atoms with Crippen LogP contribution in [-0.4, -0.2) is 66.2 Å². The van der Waals surface area contributed by atoms with Crippen molar-refractivity contribution in [2.75, 3.05) is 26.2 Å². The first-order valence-electron chi connectivity index (χ1n) is 12.6. The van der Waals surface area contributed by atoms with Gasteiger partial charge < -0.3 is 19.3 Å². The molecule has 5 atom stereocenters. The van der Waals surface area contributed by atoms with Gasteiger partial charge in [0.25, 0.3) is 0 Å². The molecule has 5 rings (SSSR count). The largest absolute Gasteiger partial charge is 0.491 e. The van der Waals surface area contributed by atoms with Crippen molar-refractivity contribution in [3.8, 4) is 11.8 Å². The van der Waals surface area contributed by atoms with E-state index < -0.39 is 0 Å². The molecule has 0 radical (unpaired) electrons. The third kappa shape index (κ3) is 5.08. The van der Waals surface area contributed by atoms with Crippen molar-refractivity contribution in [1.82, 2.24) is 26.2 Å². The standard InChI is InChI=1S/C25H34N6O4/c1-15(2)35-23-7-16(9-26)3-4-18(23)14-34-25(33)31-12-19-10-30(11-20(19)13-31)24(32)17-5-6-21-22(8-17)28-29-27-21/h3-4,7,15,17,19-22,27-29H,5-6,8,10-14H2,1-2H3/t17?,19-,20-,21?,22?/m0/s1. The number of benzene rings is 1.